The van der Waals surface area contributed by atoms with E-state index in [1.54, 1.807) is 24.3 Å². The van der Waals surface area contributed by atoms with E-state index >= 15 is 0 Å². The first-order chi connectivity index (χ1) is 15.9. The van der Waals surface area contributed by atoms with Crippen LogP contribution >= 0.6 is 0 Å². The lowest BCUT2D eigenvalue weighted by Crippen LogP contribution is -2.35. The molecule has 0 spiro atoms. The molecule has 1 aliphatic rings. The number of nitrogens with one attached hydrogen (secondary N) is 1. The van der Waals surface area contributed by atoms with E-state index in [4.69, 9.17) is 4.74 Å². The summed E-state index contributed by atoms with van der Waals surface area (Å²) in [6.45, 7) is 4.07. The maximum absolute atomic E-state index is 12.9. The van der Waals surface area contributed by atoms with Gasteiger partial charge in [0.15, 0.2) is 0 Å². The third-order valence-corrected chi connectivity index (χ3v) is 7.39. The molecule has 3 aromatic carbocycles. The topological polar surface area (TPSA) is 79.0 Å². The van der Waals surface area contributed by atoms with E-state index in [0.717, 1.165) is 38.4 Å². The first-order valence-electron chi connectivity index (χ1n) is 10.8. The Balaban J connectivity index is 1.43. The van der Waals surface area contributed by atoms with Crippen molar-refractivity contribution >= 4 is 27.3 Å². The van der Waals surface area contributed by atoms with Gasteiger partial charge in [-0.3, -0.25) is 14.0 Å². The van der Waals surface area contributed by atoms with Crippen LogP contribution in [0, 0.1) is 0 Å². The average Bonchev–Trinajstić information content (AvgIpc) is 2.85. The normalized spacial score (nSPS) is 14.6. The first kappa shape index (κ1) is 23.0. The summed E-state index contributed by atoms with van der Waals surface area (Å²) in [6.07, 6.45) is 0. The Kier molecular flexibility index (Phi) is 7.08. The maximum atomic E-state index is 12.9. The SMILES string of the molecule is CN(c1ccccc1)S(=O)(=O)c1ccc(C(=O)Nc2cccc(CN3CCOCC3)c2)cc1. The Morgan fingerprint density at radius 1 is 0.970 bits per heavy atom. The Morgan fingerprint density at radius 2 is 1.67 bits per heavy atom. The molecule has 0 radical (unpaired) electrons. The van der Waals surface area contributed by atoms with Crippen LogP contribution in [0.2, 0.25) is 0 Å². The summed E-state index contributed by atoms with van der Waals surface area (Å²) in [7, 11) is -2.22. The molecule has 1 amide bonds. The highest BCUT2D eigenvalue weighted by Gasteiger charge is 2.21. The van der Waals surface area contributed by atoms with E-state index in [0.29, 0.717) is 16.9 Å². The molecule has 3 aromatic rings. The summed E-state index contributed by atoms with van der Waals surface area (Å²) in [5.41, 5.74) is 2.76. The highest BCUT2D eigenvalue weighted by molar-refractivity contribution is 7.92. The van der Waals surface area contributed by atoms with Crippen molar-refractivity contribution in [3.05, 3.63) is 90.0 Å². The number of carbonyl (C=O) groups excluding carboxylic acids is 1. The summed E-state index contributed by atoms with van der Waals surface area (Å²) in [5.74, 6) is -0.293. The van der Waals surface area contributed by atoms with Gasteiger partial charge in [-0.05, 0) is 54.1 Å². The molecule has 1 N–H and O–H groups in total. The van der Waals surface area contributed by atoms with Gasteiger partial charge in [0.2, 0.25) is 0 Å². The molecule has 1 aliphatic heterocycles. The van der Waals surface area contributed by atoms with Crippen LogP contribution < -0.4 is 9.62 Å². The predicted molar refractivity (Wildman–Crippen MR) is 129 cm³/mol. The molecule has 1 fully saturated rings. The van der Waals surface area contributed by atoms with Gasteiger partial charge >= 0.3 is 0 Å². The van der Waals surface area contributed by atoms with Gasteiger partial charge in [0.05, 0.1) is 23.8 Å². The lowest BCUT2D eigenvalue weighted by atomic mass is 10.1. The lowest BCUT2D eigenvalue weighted by Gasteiger charge is -2.26. The third kappa shape index (κ3) is 5.60. The Morgan fingerprint density at radius 3 is 2.36 bits per heavy atom. The molecular weight excluding hydrogens is 438 g/mol. The lowest BCUT2D eigenvalue weighted by molar-refractivity contribution is 0.0342. The van der Waals surface area contributed by atoms with Gasteiger partial charge in [-0.2, -0.15) is 0 Å². The van der Waals surface area contributed by atoms with Crippen LogP contribution in [0.25, 0.3) is 0 Å². The Labute approximate surface area is 194 Å². The second-order valence-corrected chi connectivity index (χ2v) is 9.84. The smallest absolute Gasteiger partial charge is 0.264 e. The quantitative estimate of drug-likeness (QED) is 0.577. The van der Waals surface area contributed by atoms with Crippen LogP contribution in [0.15, 0.2) is 83.8 Å². The number of hydrogen-bond acceptors (Lipinski definition) is 5. The van der Waals surface area contributed by atoms with Crippen molar-refractivity contribution in [3.8, 4) is 0 Å². The van der Waals surface area contributed by atoms with Crippen LogP contribution in [-0.2, 0) is 21.3 Å². The van der Waals surface area contributed by atoms with E-state index in [1.165, 1.54) is 35.6 Å². The zero-order valence-electron chi connectivity index (χ0n) is 18.5. The number of para-hydroxylation sites is 1. The summed E-state index contributed by atoms with van der Waals surface area (Å²) < 4.78 is 32.5. The second kappa shape index (κ2) is 10.2. The summed E-state index contributed by atoms with van der Waals surface area (Å²) in [6, 6.07) is 22.6. The number of hydrogen-bond donors (Lipinski definition) is 1. The largest absolute Gasteiger partial charge is 0.379 e. The Bertz CT molecular complexity index is 1190. The highest BCUT2D eigenvalue weighted by Crippen LogP contribution is 2.22. The molecular formula is C25H27N3O4S. The number of carbonyl (C=O) groups is 1. The molecule has 172 valence electrons. The van der Waals surface area contributed by atoms with Crippen molar-refractivity contribution in [2.24, 2.45) is 0 Å². The zero-order chi connectivity index (χ0) is 23.3. The summed E-state index contributed by atoms with van der Waals surface area (Å²) in [5, 5.41) is 2.90. The van der Waals surface area contributed by atoms with Crippen molar-refractivity contribution in [1.29, 1.82) is 0 Å². The molecule has 0 aliphatic carbocycles. The fraction of sp³-hybridized carbons (Fsp3) is 0.240. The molecule has 0 aromatic heterocycles. The van der Waals surface area contributed by atoms with Gasteiger partial charge in [-0.1, -0.05) is 30.3 Å². The molecule has 1 saturated heterocycles. The van der Waals surface area contributed by atoms with E-state index < -0.39 is 10.0 Å². The standard InChI is InChI=1S/C25H27N3O4S/c1-27(23-8-3-2-4-9-23)33(30,31)24-12-10-21(11-13-24)25(29)26-22-7-5-6-20(18-22)19-28-14-16-32-17-15-28/h2-13,18H,14-17,19H2,1H3,(H,26,29). The second-order valence-electron chi connectivity index (χ2n) is 7.88. The van der Waals surface area contributed by atoms with Gasteiger partial charge in [0, 0.05) is 37.9 Å². The van der Waals surface area contributed by atoms with Crippen molar-refractivity contribution in [3.63, 3.8) is 0 Å². The minimum atomic E-state index is -3.73. The van der Waals surface area contributed by atoms with E-state index in [-0.39, 0.29) is 10.8 Å². The van der Waals surface area contributed by atoms with Gasteiger partial charge in [-0.15, -0.1) is 0 Å². The molecule has 0 atom stereocenters. The number of rotatable bonds is 7. The molecule has 0 saturated carbocycles. The number of amides is 1. The van der Waals surface area contributed by atoms with Crippen LogP contribution in [0.4, 0.5) is 11.4 Å². The van der Waals surface area contributed by atoms with Crippen molar-refractivity contribution in [1.82, 2.24) is 4.90 Å². The first-order valence-corrected chi connectivity index (χ1v) is 12.2. The minimum Gasteiger partial charge on any atom is -0.379 e. The van der Waals surface area contributed by atoms with E-state index in [2.05, 4.69) is 10.2 Å². The molecule has 0 unspecified atom stereocenters. The van der Waals surface area contributed by atoms with Crippen molar-refractivity contribution in [2.45, 2.75) is 11.4 Å². The van der Waals surface area contributed by atoms with Crippen LogP contribution in [-0.4, -0.2) is 52.6 Å². The predicted octanol–water partition coefficient (Wildman–Crippen LogP) is 3.60. The average molecular weight is 466 g/mol. The molecule has 33 heavy (non-hydrogen) atoms. The van der Waals surface area contributed by atoms with Crippen LogP contribution in [0.5, 0.6) is 0 Å². The number of morpholine rings is 1. The van der Waals surface area contributed by atoms with Crippen LogP contribution in [0.1, 0.15) is 15.9 Å². The van der Waals surface area contributed by atoms with Crippen molar-refractivity contribution in [2.75, 3.05) is 43.0 Å². The van der Waals surface area contributed by atoms with Crippen LogP contribution in [0.3, 0.4) is 0 Å². The van der Waals surface area contributed by atoms with Gasteiger partial charge < -0.3 is 10.1 Å². The highest BCUT2D eigenvalue weighted by atomic mass is 32.2. The molecule has 8 heteroatoms. The maximum Gasteiger partial charge on any atom is 0.264 e. The molecule has 0 bridgehead atoms. The molecule has 7 nitrogen and oxygen atoms in total. The molecule has 1 heterocycles. The minimum absolute atomic E-state index is 0.123. The fourth-order valence-corrected chi connectivity index (χ4v) is 4.88. The summed E-state index contributed by atoms with van der Waals surface area (Å²) in [4.78, 5) is 15.2. The summed E-state index contributed by atoms with van der Waals surface area (Å²) >= 11 is 0. The number of nitrogens with zero attached hydrogens (tertiary/aromatic N) is 2. The Hall–Kier alpha value is -3.20. The monoisotopic (exact) mass is 465 g/mol. The number of anilines is 2. The molecule has 4 rings (SSSR count). The van der Waals surface area contributed by atoms with E-state index in [1.807, 2.05) is 30.3 Å². The third-order valence-electron chi connectivity index (χ3n) is 5.59. The van der Waals surface area contributed by atoms with Crippen molar-refractivity contribution < 1.29 is 17.9 Å². The van der Waals surface area contributed by atoms with Gasteiger partial charge in [0.1, 0.15) is 0 Å². The number of sulfonamides is 1. The van der Waals surface area contributed by atoms with Gasteiger partial charge in [0.25, 0.3) is 15.9 Å². The van der Waals surface area contributed by atoms with E-state index in [9.17, 15) is 13.2 Å². The number of benzene rings is 3. The van der Waals surface area contributed by atoms with Gasteiger partial charge in [-0.25, -0.2) is 8.42 Å². The zero-order valence-corrected chi connectivity index (χ0v) is 19.3. The fourth-order valence-electron chi connectivity index (χ4n) is 3.68. The number of ether oxygens (including phenoxy) is 1.